The number of ether oxygens (including phenoxy) is 2. The van der Waals surface area contributed by atoms with Gasteiger partial charge in [-0.25, -0.2) is 9.18 Å². The van der Waals surface area contributed by atoms with Gasteiger partial charge in [0.2, 0.25) is 5.01 Å². The standard InChI is InChI=1S/C22H22FN5O4S/c1-31-14-10-13(11-15(12-14)32-2)24-22(30)28-9-5-8-18(28)20-26-27-21(33-20)19(29)25-17-7-4-3-6-16(17)23/h3-4,6-7,10-12,18H,5,8-9H2,1-2H3,(H,24,30)(H,25,29)/t18-/m0/s1. The van der Waals surface area contributed by atoms with E-state index in [2.05, 4.69) is 20.8 Å². The predicted octanol–water partition coefficient (Wildman–Crippen LogP) is 4.32. The lowest BCUT2D eigenvalue weighted by Crippen LogP contribution is -2.34. The summed E-state index contributed by atoms with van der Waals surface area (Å²) < 4.78 is 24.3. The van der Waals surface area contributed by atoms with Gasteiger partial charge < -0.3 is 25.0 Å². The summed E-state index contributed by atoms with van der Waals surface area (Å²) in [5.74, 6) is 0.0132. The number of urea groups is 1. The molecular formula is C22H22FN5O4S. The number of carbonyl (C=O) groups excluding carboxylic acids is 2. The minimum absolute atomic E-state index is 0.0647. The number of methoxy groups -OCH3 is 2. The summed E-state index contributed by atoms with van der Waals surface area (Å²) in [7, 11) is 3.07. The lowest BCUT2D eigenvalue weighted by Gasteiger charge is -2.23. The Balaban J connectivity index is 1.46. The fourth-order valence-electron chi connectivity index (χ4n) is 3.54. The number of amides is 3. The van der Waals surface area contributed by atoms with Gasteiger partial charge in [-0.05, 0) is 25.0 Å². The van der Waals surface area contributed by atoms with Crippen LogP contribution in [0.4, 0.5) is 20.6 Å². The average molecular weight is 472 g/mol. The highest BCUT2D eigenvalue weighted by Crippen LogP contribution is 2.35. The molecular weight excluding hydrogens is 449 g/mol. The fraction of sp³-hybridized carbons (Fsp3) is 0.273. The monoisotopic (exact) mass is 471 g/mol. The van der Waals surface area contributed by atoms with Crippen molar-refractivity contribution in [1.82, 2.24) is 15.1 Å². The number of anilines is 2. The Morgan fingerprint density at radius 2 is 1.82 bits per heavy atom. The topological polar surface area (TPSA) is 106 Å². The van der Waals surface area contributed by atoms with Crippen LogP contribution in [0.3, 0.4) is 0 Å². The van der Waals surface area contributed by atoms with E-state index in [-0.39, 0.29) is 22.8 Å². The lowest BCUT2D eigenvalue weighted by atomic mass is 10.2. The maximum absolute atomic E-state index is 13.8. The SMILES string of the molecule is COc1cc(NC(=O)N2CCC[C@H]2c2nnc(C(=O)Nc3ccccc3F)s2)cc(OC)c1. The molecule has 2 aromatic carbocycles. The number of nitrogens with zero attached hydrogens (tertiary/aromatic N) is 3. The Hall–Kier alpha value is -3.73. The summed E-state index contributed by atoms with van der Waals surface area (Å²) in [4.78, 5) is 27.1. The summed E-state index contributed by atoms with van der Waals surface area (Å²) in [6.45, 7) is 0.536. The maximum atomic E-state index is 13.8. The number of hydrogen-bond acceptors (Lipinski definition) is 7. The van der Waals surface area contributed by atoms with E-state index >= 15 is 0 Å². The minimum atomic E-state index is -0.554. The lowest BCUT2D eigenvalue weighted by molar-refractivity contribution is 0.102. The molecule has 1 aliphatic heterocycles. The molecule has 2 N–H and O–H groups in total. The van der Waals surface area contributed by atoms with Gasteiger partial charge in [0.05, 0.1) is 25.9 Å². The summed E-state index contributed by atoms with van der Waals surface area (Å²) in [5.41, 5.74) is 0.596. The van der Waals surface area contributed by atoms with Crippen molar-refractivity contribution in [3.05, 3.63) is 58.3 Å². The zero-order valence-electron chi connectivity index (χ0n) is 18.0. The fourth-order valence-corrected chi connectivity index (χ4v) is 4.43. The highest BCUT2D eigenvalue weighted by atomic mass is 32.1. The Bertz CT molecular complexity index is 1150. The van der Waals surface area contributed by atoms with E-state index in [0.29, 0.717) is 35.2 Å². The van der Waals surface area contributed by atoms with Crippen molar-refractivity contribution in [1.29, 1.82) is 0 Å². The molecule has 1 fully saturated rings. The molecule has 1 aliphatic rings. The van der Waals surface area contributed by atoms with Gasteiger partial charge in [-0.15, -0.1) is 10.2 Å². The third-order valence-electron chi connectivity index (χ3n) is 5.16. The normalized spacial score (nSPS) is 15.2. The molecule has 0 spiro atoms. The molecule has 4 rings (SSSR count). The number of aromatic nitrogens is 2. The van der Waals surface area contributed by atoms with Gasteiger partial charge in [-0.1, -0.05) is 23.5 Å². The van der Waals surface area contributed by atoms with E-state index in [1.807, 2.05) is 0 Å². The number of hydrogen-bond donors (Lipinski definition) is 2. The number of benzene rings is 2. The van der Waals surface area contributed by atoms with Crippen molar-refractivity contribution >= 4 is 34.6 Å². The smallest absolute Gasteiger partial charge is 0.322 e. The first-order chi connectivity index (χ1) is 16.0. The highest BCUT2D eigenvalue weighted by molar-refractivity contribution is 7.13. The molecule has 172 valence electrons. The molecule has 0 radical (unpaired) electrons. The Labute approximate surface area is 193 Å². The maximum Gasteiger partial charge on any atom is 0.322 e. The van der Waals surface area contributed by atoms with Gasteiger partial charge in [0.15, 0.2) is 0 Å². The molecule has 33 heavy (non-hydrogen) atoms. The van der Waals surface area contributed by atoms with Crippen LogP contribution >= 0.6 is 11.3 Å². The average Bonchev–Trinajstić information content (AvgIpc) is 3.50. The predicted molar refractivity (Wildman–Crippen MR) is 122 cm³/mol. The molecule has 0 bridgehead atoms. The van der Waals surface area contributed by atoms with Crippen molar-refractivity contribution in [3.63, 3.8) is 0 Å². The van der Waals surface area contributed by atoms with Crippen LogP contribution in [0.25, 0.3) is 0 Å². The number of likely N-dealkylation sites (tertiary alicyclic amines) is 1. The molecule has 1 saturated heterocycles. The van der Waals surface area contributed by atoms with Gasteiger partial charge >= 0.3 is 6.03 Å². The zero-order chi connectivity index (χ0) is 23.4. The summed E-state index contributed by atoms with van der Waals surface area (Å²) in [5, 5.41) is 14.1. The Kier molecular flexibility index (Phi) is 6.68. The van der Waals surface area contributed by atoms with E-state index in [9.17, 15) is 14.0 Å². The number of rotatable bonds is 6. The quantitative estimate of drug-likeness (QED) is 0.555. The van der Waals surface area contributed by atoms with Gasteiger partial charge in [-0.2, -0.15) is 0 Å². The van der Waals surface area contributed by atoms with Crippen molar-refractivity contribution in [2.45, 2.75) is 18.9 Å². The van der Waals surface area contributed by atoms with Gasteiger partial charge in [-0.3, -0.25) is 4.79 Å². The molecule has 3 aromatic rings. The zero-order valence-corrected chi connectivity index (χ0v) is 18.8. The third kappa shape index (κ3) is 5.03. The highest BCUT2D eigenvalue weighted by Gasteiger charge is 2.33. The Morgan fingerprint density at radius 3 is 2.52 bits per heavy atom. The van der Waals surface area contributed by atoms with Crippen LogP contribution in [0.2, 0.25) is 0 Å². The summed E-state index contributed by atoms with van der Waals surface area (Å²) in [6, 6.07) is 10.4. The first-order valence-electron chi connectivity index (χ1n) is 10.2. The van der Waals surface area contributed by atoms with Crippen LogP contribution < -0.4 is 20.1 Å². The van der Waals surface area contributed by atoms with Crippen LogP contribution in [-0.4, -0.2) is 47.8 Å². The van der Waals surface area contributed by atoms with Crippen LogP contribution in [-0.2, 0) is 0 Å². The van der Waals surface area contributed by atoms with Crippen LogP contribution in [0.15, 0.2) is 42.5 Å². The van der Waals surface area contributed by atoms with E-state index in [0.717, 1.165) is 17.8 Å². The molecule has 1 atom stereocenters. The second-order valence-corrected chi connectivity index (χ2v) is 8.27. The molecule has 2 heterocycles. The number of nitrogens with one attached hydrogen (secondary N) is 2. The largest absolute Gasteiger partial charge is 0.497 e. The molecule has 9 nitrogen and oxygen atoms in total. The molecule has 0 unspecified atom stereocenters. The minimum Gasteiger partial charge on any atom is -0.497 e. The molecule has 1 aromatic heterocycles. The molecule has 3 amide bonds. The summed E-state index contributed by atoms with van der Waals surface area (Å²) >= 11 is 1.08. The van der Waals surface area contributed by atoms with Gasteiger partial charge in [0.25, 0.3) is 5.91 Å². The van der Waals surface area contributed by atoms with Crippen LogP contribution in [0, 0.1) is 5.82 Å². The molecule has 11 heteroatoms. The second-order valence-electron chi connectivity index (χ2n) is 7.26. The van der Waals surface area contributed by atoms with Crippen LogP contribution in [0.5, 0.6) is 11.5 Å². The van der Waals surface area contributed by atoms with E-state index < -0.39 is 11.7 Å². The Morgan fingerprint density at radius 1 is 1.09 bits per heavy atom. The number of para-hydroxylation sites is 1. The van der Waals surface area contributed by atoms with Crippen molar-refractivity contribution in [2.24, 2.45) is 0 Å². The third-order valence-corrected chi connectivity index (χ3v) is 6.18. The van der Waals surface area contributed by atoms with Crippen molar-refractivity contribution in [3.8, 4) is 11.5 Å². The van der Waals surface area contributed by atoms with E-state index in [1.165, 1.54) is 32.4 Å². The first kappa shape index (κ1) is 22.5. The molecule has 0 aliphatic carbocycles. The first-order valence-corrected chi connectivity index (χ1v) is 11.0. The van der Waals surface area contributed by atoms with Crippen molar-refractivity contribution in [2.75, 3.05) is 31.4 Å². The van der Waals surface area contributed by atoms with Gasteiger partial charge in [0.1, 0.15) is 22.3 Å². The number of halogens is 1. The van der Waals surface area contributed by atoms with Crippen LogP contribution in [0.1, 0.15) is 33.7 Å². The molecule has 0 saturated carbocycles. The van der Waals surface area contributed by atoms with E-state index in [4.69, 9.17) is 9.47 Å². The number of carbonyl (C=O) groups is 2. The van der Waals surface area contributed by atoms with Gasteiger partial charge in [0, 0.05) is 30.4 Å². The van der Waals surface area contributed by atoms with E-state index in [1.54, 1.807) is 29.2 Å². The summed E-state index contributed by atoms with van der Waals surface area (Å²) in [6.07, 6.45) is 1.48. The van der Waals surface area contributed by atoms with Crippen molar-refractivity contribution < 1.29 is 23.5 Å². The second kappa shape index (κ2) is 9.82.